The van der Waals surface area contributed by atoms with E-state index in [1.165, 1.54) is 0 Å². The smallest absolute Gasteiger partial charge is 0.229 e. The van der Waals surface area contributed by atoms with Crippen LogP contribution in [-0.4, -0.2) is 21.7 Å². The van der Waals surface area contributed by atoms with E-state index in [-0.39, 0.29) is 17.9 Å². The summed E-state index contributed by atoms with van der Waals surface area (Å²) in [7, 11) is 0. The van der Waals surface area contributed by atoms with Gasteiger partial charge >= 0.3 is 0 Å². The molecule has 2 fully saturated rings. The van der Waals surface area contributed by atoms with Gasteiger partial charge in [0.1, 0.15) is 10.1 Å². The monoisotopic (exact) mass is 301 g/mol. The van der Waals surface area contributed by atoms with Crippen molar-refractivity contribution in [2.24, 2.45) is 11.8 Å². The van der Waals surface area contributed by atoms with E-state index in [0.717, 1.165) is 25.1 Å². The summed E-state index contributed by atoms with van der Waals surface area (Å²) in [6.07, 6.45) is 4.17. The first-order valence-corrected chi connectivity index (χ1v) is 7.46. The number of furan rings is 1. The largest absolute Gasteiger partial charge is 0.467 e. The van der Waals surface area contributed by atoms with Gasteiger partial charge in [-0.15, -0.1) is 23.2 Å². The molecule has 1 aromatic heterocycles. The highest BCUT2D eigenvalue weighted by molar-refractivity contribution is 6.52. The highest BCUT2D eigenvalue weighted by atomic mass is 35.5. The van der Waals surface area contributed by atoms with E-state index in [9.17, 15) is 4.79 Å². The number of halogens is 2. The van der Waals surface area contributed by atoms with Crippen molar-refractivity contribution in [3.63, 3.8) is 0 Å². The number of alkyl halides is 2. The molecular weight excluding hydrogens is 285 g/mol. The van der Waals surface area contributed by atoms with Crippen LogP contribution in [0.25, 0.3) is 0 Å². The minimum atomic E-state index is -0.853. The summed E-state index contributed by atoms with van der Waals surface area (Å²) in [5.41, 5.74) is 0. The molecule has 0 N–H and O–H groups in total. The predicted octanol–water partition coefficient (Wildman–Crippen LogP) is 3.77. The molecule has 0 unspecified atom stereocenters. The van der Waals surface area contributed by atoms with Crippen LogP contribution in [-0.2, 0) is 4.79 Å². The number of nitrogens with zero attached hydrogens (tertiary/aromatic N) is 1. The van der Waals surface area contributed by atoms with E-state index in [0.29, 0.717) is 12.3 Å². The quantitative estimate of drug-likeness (QED) is 0.779. The first-order chi connectivity index (χ1) is 8.99. The van der Waals surface area contributed by atoms with Crippen molar-refractivity contribution in [3.8, 4) is 0 Å². The molecule has 2 heterocycles. The highest BCUT2D eigenvalue weighted by Crippen LogP contribution is 2.55. The Bertz CT molecular complexity index is 472. The average molecular weight is 302 g/mol. The van der Waals surface area contributed by atoms with Gasteiger partial charge in [-0.2, -0.15) is 0 Å². The highest BCUT2D eigenvalue weighted by Gasteiger charge is 2.58. The number of hydrogen-bond acceptors (Lipinski definition) is 2. The van der Waals surface area contributed by atoms with E-state index in [4.69, 9.17) is 27.6 Å². The van der Waals surface area contributed by atoms with Crippen molar-refractivity contribution in [2.75, 3.05) is 6.54 Å². The number of piperidine rings is 1. The van der Waals surface area contributed by atoms with E-state index < -0.39 is 4.33 Å². The Morgan fingerprint density at radius 1 is 1.53 bits per heavy atom. The molecule has 1 aromatic rings. The van der Waals surface area contributed by atoms with Crippen molar-refractivity contribution >= 4 is 29.1 Å². The third kappa shape index (κ3) is 2.50. The normalized spacial score (nSPS) is 33.2. The van der Waals surface area contributed by atoms with Gasteiger partial charge < -0.3 is 9.32 Å². The predicted molar refractivity (Wildman–Crippen MR) is 74.1 cm³/mol. The maximum absolute atomic E-state index is 12.5. The maximum atomic E-state index is 12.5. The zero-order valence-corrected chi connectivity index (χ0v) is 12.3. The molecule has 19 heavy (non-hydrogen) atoms. The van der Waals surface area contributed by atoms with Crippen molar-refractivity contribution in [1.82, 2.24) is 4.90 Å². The molecule has 2 aliphatic rings. The minimum Gasteiger partial charge on any atom is -0.467 e. The molecule has 1 aliphatic carbocycles. The fraction of sp³-hybridized carbons (Fsp3) is 0.643. The lowest BCUT2D eigenvalue weighted by atomic mass is 9.90. The average Bonchev–Trinajstić information content (AvgIpc) is 2.81. The lowest BCUT2D eigenvalue weighted by Gasteiger charge is -2.37. The zero-order valence-electron chi connectivity index (χ0n) is 10.8. The van der Waals surface area contributed by atoms with Crippen LogP contribution in [0.1, 0.15) is 38.0 Å². The molecule has 5 heteroatoms. The van der Waals surface area contributed by atoms with Crippen LogP contribution < -0.4 is 0 Å². The number of carbonyl (C=O) groups excluding carboxylic acids is 1. The van der Waals surface area contributed by atoms with Gasteiger partial charge in [0.25, 0.3) is 0 Å². The number of amides is 1. The molecule has 0 aromatic carbocycles. The summed E-state index contributed by atoms with van der Waals surface area (Å²) in [6.45, 7) is 2.97. The summed E-state index contributed by atoms with van der Waals surface area (Å²) in [5, 5.41) is 0. The summed E-state index contributed by atoms with van der Waals surface area (Å²) in [6, 6.07) is 3.82. The third-order valence-corrected chi connectivity index (χ3v) is 4.98. The van der Waals surface area contributed by atoms with Gasteiger partial charge in [0.05, 0.1) is 18.2 Å². The van der Waals surface area contributed by atoms with Crippen LogP contribution in [0.15, 0.2) is 22.8 Å². The Balaban J connectivity index is 1.80. The molecule has 3 nitrogen and oxygen atoms in total. The lowest BCUT2D eigenvalue weighted by Crippen LogP contribution is -2.42. The number of likely N-dealkylation sites (tertiary alicyclic amines) is 1. The SMILES string of the molecule is C[C@@H]1CCN(C(=O)[C@H]2CC2(Cl)Cl)[C@@H](c2ccco2)C1. The van der Waals surface area contributed by atoms with Crippen LogP contribution in [0.2, 0.25) is 0 Å². The Hall–Kier alpha value is -0.670. The van der Waals surface area contributed by atoms with E-state index in [2.05, 4.69) is 6.92 Å². The summed E-state index contributed by atoms with van der Waals surface area (Å²) in [4.78, 5) is 14.4. The van der Waals surface area contributed by atoms with Gasteiger partial charge in [0.2, 0.25) is 5.91 Å². The second-order valence-corrected chi connectivity index (χ2v) is 7.25. The first kappa shape index (κ1) is 13.3. The fourth-order valence-corrected chi connectivity index (χ4v) is 3.33. The van der Waals surface area contributed by atoms with E-state index >= 15 is 0 Å². The Labute approximate surface area is 122 Å². The lowest BCUT2D eigenvalue weighted by molar-refractivity contribution is -0.137. The van der Waals surface area contributed by atoms with Gasteiger partial charge in [0, 0.05) is 6.54 Å². The van der Waals surface area contributed by atoms with Crippen molar-refractivity contribution < 1.29 is 9.21 Å². The molecule has 1 saturated carbocycles. The molecule has 0 bridgehead atoms. The third-order valence-electron chi connectivity index (χ3n) is 4.14. The second kappa shape index (κ2) is 4.71. The fourth-order valence-electron chi connectivity index (χ4n) is 2.84. The number of hydrogen-bond donors (Lipinski definition) is 0. The van der Waals surface area contributed by atoms with Gasteiger partial charge in [-0.05, 0) is 37.3 Å². The van der Waals surface area contributed by atoms with Crippen molar-refractivity contribution in [3.05, 3.63) is 24.2 Å². The summed E-state index contributed by atoms with van der Waals surface area (Å²) < 4.78 is 4.64. The van der Waals surface area contributed by atoms with Crippen molar-refractivity contribution in [1.29, 1.82) is 0 Å². The molecular formula is C14H17Cl2NO2. The molecule has 1 amide bonds. The van der Waals surface area contributed by atoms with Gasteiger partial charge in [0.15, 0.2) is 0 Å². The van der Waals surface area contributed by atoms with Crippen LogP contribution in [0.5, 0.6) is 0 Å². The molecule has 1 saturated heterocycles. The number of carbonyl (C=O) groups is 1. The Morgan fingerprint density at radius 3 is 2.84 bits per heavy atom. The van der Waals surface area contributed by atoms with Gasteiger partial charge in [-0.25, -0.2) is 0 Å². The van der Waals surface area contributed by atoms with Crippen LogP contribution in [0.4, 0.5) is 0 Å². The molecule has 1 aliphatic heterocycles. The maximum Gasteiger partial charge on any atom is 0.229 e. The Kier molecular flexibility index (Phi) is 3.30. The molecule has 104 valence electrons. The molecule has 3 rings (SSSR count). The molecule has 0 radical (unpaired) electrons. The molecule has 3 atom stereocenters. The minimum absolute atomic E-state index is 0.0241. The summed E-state index contributed by atoms with van der Waals surface area (Å²) >= 11 is 12.0. The van der Waals surface area contributed by atoms with Crippen molar-refractivity contribution in [2.45, 2.75) is 36.6 Å². The summed E-state index contributed by atoms with van der Waals surface area (Å²) in [5.74, 6) is 1.27. The van der Waals surface area contributed by atoms with E-state index in [1.807, 2.05) is 17.0 Å². The van der Waals surface area contributed by atoms with Crippen LogP contribution >= 0.6 is 23.2 Å². The zero-order chi connectivity index (χ0) is 13.6. The number of rotatable bonds is 2. The van der Waals surface area contributed by atoms with Gasteiger partial charge in [-0.1, -0.05) is 6.92 Å². The van der Waals surface area contributed by atoms with E-state index in [1.54, 1.807) is 6.26 Å². The second-order valence-electron chi connectivity index (χ2n) is 5.71. The molecule has 0 spiro atoms. The topological polar surface area (TPSA) is 33.5 Å². The first-order valence-electron chi connectivity index (χ1n) is 6.71. The standard InChI is InChI=1S/C14H17Cl2NO2/c1-9-4-5-17(13(18)10-8-14(10,15)16)11(7-9)12-3-2-6-19-12/h2-3,6,9-11H,4-5,7-8H2,1H3/t9-,10-,11-/m1/s1. The van der Waals surface area contributed by atoms with Crippen LogP contribution in [0, 0.1) is 11.8 Å². The van der Waals surface area contributed by atoms with Crippen LogP contribution in [0.3, 0.4) is 0 Å². The van der Waals surface area contributed by atoms with Gasteiger partial charge in [-0.3, -0.25) is 4.79 Å². The Morgan fingerprint density at radius 2 is 2.26 bits per heavy atom.